The highest BCUT2D eigenvalue weighted by atomic mass is 32.2. The molecule has 0 atom stereocenters. The molecule has 2 nitrogen and oxygen atoms in total. The van der Waals surface area contributed by atoms with E-state index in [0.29, 0.717) is 23.9 Å². The van der Waals surface area contributed by atoms with Gasteiger partial charge in [-0.25, -0.2) is 4.39 Å². The normalized spacial score (nSPS) is 14.7. The summed E-state index contributed by atoms with van der Waals surface area (Å²) >= 11 is 1.51. The van der Waals surface area contributed by atoms with Gasteiger partial charge < -0.3 is 4.90 Å². The van der Waals surface area contributed by atoms with E-state index in [1.165, 1.54) is 17.8 Å². The Balaban J connectivity index is 2.08. The highest BCUT2D eigenvalue weighted by molar-refractivity contribution is 7.99. The molecule has 1 aromatic carbocycles. The molecule has 1 aromatic rings. The smallest absolute Gasteiger partial charge is 0.233 e. The van der Waals surface area contributed by atoms with Gasteiger partial charge in [-0.2, -0.15) is 11.8 Å². The summed E-state index contributed by atoms with van der Waals surface area (Å²) in [5.74, 6) is 0.365. The Hall–Kier alpha value is -1.03. The molecule has 0 aliphatic heterocycles. The Morgan fingerprint density at radius 1 is 1.47 bits per heavy atom. The van der Waals surface area contributed by atoms with Crippen molar-refractivity contribution in [2.75, 3.05) is 12.0 Å². The molecular formula is C13H16FNOS. The van der Waals surface area contributed by atoms with Crippen LogP contribution in [0, 0.1) is 5.82 Å². The molecule has 17 heavy (non-hydrogen) atoms. The maximum absolute atomic E-state index is 13.5. The molecule has 1 fully saturated rings. The number of benzene rings is 1. The summed E-state index contributed by atoms with van der Waals surface area (Å²) < 4.78 is 13.5. The van der Waals surface area contributed by atoms with Crippen LogP contribution in [0.3, 0.4) is 0 Å². The Bertz CT molecular complexity index is 406. The van der Waals surface area contributed by atoms with Gasteiger partial charge in [0.05, 0.1) is 5.75 Å². The van der Waals surface area contributed by atoms with Gasteiger partial charge in [0.1, 0.15) is 5.82 Å². The first-order valence-electron chi connectivity index (χ1n) is 5.74. The van der Waals surface area contributed by atoms with E-state index in [4.69, 9.17) is 0 Å². The van der Waals surface area contributed by atoms with Crippen LogP contribution < -0.4 is 0 Å². The van der Waals surface area contributed by atoms with Gasteiger partial charge in [0.25, 0.3) is 0 Å². The molecule has 92 valence electrons. The topological polar surface area (TPSA) is 20.3 Å². The maximum Gasteiger partial charge on any atom is 0.233 e. The maximum atomic E-state index is 13.5. The summed E-state index contributed by atoms with van der Waals surface area (Å²) in [5.41, 5.74) is 0.605. The van der Waals surface area contributed by atoms with Crippen LogP contribution in [-0.2, 0) is 11.3 Å². The molecule has 0 bridgehead atoms. The summed E-state index contributed by atoms with van der Waals surface area (Å²) in [5, 5.41) is 0. The molecule has 0 saturated heterocycles. The summed E-state index contributed by atoms with van der Waals surface area (Å²) in [6.07, 6.45) is 4.01. The number of hydrogen-bond donors (Lipinski definition) is 0. The highest BCUT2D eigenvalue weighted by Gasteiger charge is 2.32. The fourth-order valence-corrected chi connectivity index (χ4v) is 2.24. The first kappa shape index (κ1) is 12.4. The van der Waals surface area contributed by atoms with Crippen molar-refractivity contribution in [1.82, 2.24) is 4.90 Å². The molecule has 1 amide bonds. The lowest BCUT2D eigenvalue weighted by atomic mass is 10.2. The van der Waals surface area contributed by atoms with Crippen LogP contribution in [0.1, 0.15) is 18.4 Å². The molecule has 1 aliphatic carbocycles. The van der Waals surface area contributed by atoms with E-state index in [1.54, 1.807) is 12.1 Å². The van der Waals surface area contributed by atoms with E-state index in [-0.39, 0.29) is 11.7 Å². The Labute approximate surface area is 105 Å². The predicted octanol–water partition coefficient (Wildman–Crippen LogP) is 2.68. The monoisotopic (exact) mass is 253 g/mol. The number of amides is 1. The number of carbonyl (C=O) groups is 1. The van der Waals surface area contributed by atoms with E-state index >= 15 is 0 Å². The van der Waals surface area contributed by atoms with E-state index in [1.807, 2.05) is 17.2 Å². The molecular weight excluding hydrogens is 237 g/mol. The van der Waals surface area contributed by atoms with Gasteiger partial charge in [0.2, 0.25) is 5.91 Å². The van der Waals surface area contributed by atoms with Crippen LogP contribution in [0.15, 0.2) is 24.3 Å². The van der Waals surface area contributed by atoms with Crippen molar-refractivity contribution in [3.63, 3.8) is 0 Å². The van der Waals surface area contributed by atoms with Crippen molar-refractivity contribution in [3.8, 4) is 0 Å². The SMILES string of the molecule is CSCC(=O)N(Cc1ccccc1F)C1CC1. The molecule has 1 aliphatic rings. The fraction of sp³-hybridized carbons (Fsp3) is 0.462. The third-order valence-electron chi connectivity index (χ3n) is 2.87. The number of rotatable bonds is 5. The van der Waals surface area contributed by atoms with Crippen molar-refractivity contribution in [1.29, 1.82) is 0 Å². The van der Waals surface area contributed by atoms with Crippen molar-refractivity contribution < 1.29 is 9.18 Å². The van der Waals surface area contributed by atoms with E-state index < -0.39 is 0 Å². The first-order chi connectivity index (χ1) is 8.22. The van der Waals surface area contributed by atoms with Gasteiger partial charge >= 0.3 is 0 Å². The van der Waals surface area contributed by atoms with E-state index in [9.17, 15) is 9.18 Å². The molecule has 0 aromatic heterocycles. The molecule has 4 heteroatoms. The van der Waals surface area contributed by atoms with Gasteiger partial charge in [-0.05, 0) is 25.2 Å². The minimum absolute atomic E-state index is 0.114. The molecule has 1 saturated carbocycles. The lowest BCUT2D eigenvalue weighted by molar-refractivity contribution is -0.129. The lowest BCUT2D eigenvalue weighted by Crippen LogP contribution is -2.34. The fourth-order valence-electron chi connectivity index (χ4n) is 1.82. The Morgan fingerprint density at radius 3 is 2.76 bits per heavy atom. The van der Waals surface area contributed by atoms with E-state index in [2.05, 4.69) is 0 Å². The Morgan fingerprint density at radius 2 is 2.18 bits per heavy atom. The van der Waals surface area contributed by atoms with Crippen LogP contribution in [0.25, 0.3) is 0 Å². The zero-order valence-electron chi connectivity index (χ0n) is 9.86. The van der Waals surface area contributed by atoms with Crippen LogP contribution in [0.2, 0.25) is 0 Å². The van der Waals surface area contributed by atoms with Gasteiger partial charge in [0.15, 0.2) is 0 Å². The summed E-state index contributed by atoms with van der Waals surface area (Å²) in [6.45, 7) is 0.400. The van der Waals surface area contributed by atoms with Crippen molar-refractivity contribution in [2.45, 2.75) is 25.4 Å². The Kier molecular flexibility index (Phi) is 4.05. The molecule has 2 rings (SSSR count). The van der Waals surface area contributed by atoms with Gasteiger partial charge in [-0.1, -0.05) is 18.2 Å². The number of nitrogens with zero attached hydrogens (tertiary/aromatic N) is 1. The number of halogens is 1. The molecule has 0 unspecified atom stereocenters. The second-order valence-electron chi connectivity index (χ2n) is 4.28. The third kappa shape index (κ3) is 3.22. The highest BCUT2D eigenvalue weighted by Crippen LogP contribution is 2.29. The third-order valence-corrected chi connectivity index (χ3v) is 3.41. The molecule has 0 heterocycles. The zero-order chi connectivity index (χ0) is 12.3. The van der Waals surface area contributed by atoms with Crippen LogP contribution in [0.5, 0.6) is 0 Å². The lowest BCUT2D eigenvalue weighted by Gasteiger charge is -2.22. The van der Waals surface area contributed by atoms with Crippen molar-refractivity contribution >= 4 is 17.7 Å². The molecule has 0 N–H and O–H groups in total. The van der Waals surface area contributed by atoms with Gasteiger partial charge in [0, 0.05) is 18.2 Å². The summed E-state index contributed by atoms with van der Waals surface area (Å²) in [7, 11) is 0. The molecule has 0 radical (unpaired) electrons. The van der Waals surface area contributed by atoms with Crippen molar-refractivity contribution in [2.24, 2.45) is 0 Å². The van der Waals surface area contributed by atoms with Crippen LogP contribution in [0.4, 0.5) is 4.39 Å². The first-order valence-corrected chi connectivity index (χ1v) is 7.13. The predicted molar refractivity (Wildman–Crippen MR) is 68.4 cm³/mol. The molecule has 0 spiro atoms. The second-order valence-corrected chi connectivity index (χ2v) is 5.14. The van der Waals surface area contributed by atoms with Crippen LogP contribution >= 0.6 is 11.8 Å². The average Bonchev–Trinajstić information content (AvgIpc) is 3.12. The number of carbonyl (C=O) groups excluding carboxylic acids is 1. The quantitative estimate of drug-likeness (QED) is 0.804. The largest absolute Gasteiger partial charge is 0.335 e. The average molecular weight is 253 g/mol. The minimum atomic E-state index is -0.227. The van der Waals surface area contributed by atoms with Crippen molar-refractivity contribution in [3.05, 3.63) is 35.6 Å². The summed E-state index contributed by atoms with van der Waals surface area (Å²) in [4.78, 5) is 13.7. The second kappa shape index (κ2) is 5.54. The number of thioether (sulfide) groups is 1. The minimum Gasteiger partial charge on any atom is -0.335 e. The van der Waals surface area contributed by atoms with E-state index in [0.717, 1.165) is 12.8 Å². The zero-order valence-corrected chi connectivity index (χ0v) is 10.7. The summed E-state index contributed by atoms with van der Waals surface area (Å²) in [6, 6.07) is 7.00. The standard InChI is InChI=1S/C13H16FNOS/c1-17-9-13(16)15(11-6-7-11)8-10-4-2-3-5-12(10)14/h2-5,11H,6-9H2,1H3. The van der Waals surface area contributed by atoms with Gasteiger partial charge in [-0.15, -0.1) is 0 Å². The van der Waals surface area contributed by atoms with Crippen LogP contribution in [-0.4, -0.2) is 28.9 Å². The van der Waals surface area contributed by atoms with Gasteiger partial charge in [-0.3, -0.25) is 4.79 Å². The number of hydrogen-bond acceptors (Lipinski definition) is 2.